The Kier molecular flexibility index (Phi) is 4.27. The molecule has 0 bridgehead atoms. The van der Waals surface area contributed by atoms with Gasteiger partial charge in [-0.2, -0.15) is 0 Å². The molecular formula is C16H17ClO. The van der Waals surface area contributed by atoms with E-state index in [9.17, 15) is 0 Å². The monoisotopic (exact) mass is 260 g/mol. The first-order chi connectivity index (χ1) is 8.69. The maximum Gasteiger partial charge on any atom is 0.124 e. The SMILES string of the molecule is CCc1ccc(COc2cc(Cl)ccc2C)cc1. The van der Waals surface area contributed by atoms with Crippen molar-refractivity contribution in [1.29, 1.82) is 0 Å². The van der Waals surface area contributed by atoms with Gasteiger partial charge in [0.25, 0.3) is 0 Å². The quantitative estimate of drug-likeness (QED) is 0.768. The van der Waals surface area contributed by atoms with Crippen molar-refractivity contribution in [2.24, 2.45) is 0 Å². The molecule has 0 saturated carbocycles. The predicted octanol–water partition coefficient (Wildman–Crippen LogP) is 4.79. The molecule has 0 amide bonds. The van der Waals surface area contributed by atoms with E-state index in [-0.39, 0.29) is 0 Å². The van der Waals surface area contributed by atoms with Gasteiger partial charge >= 0.3 is 0 Å². The van der Waals surface area contributed by atoms with Crippen molar-refractivity contribution in [2.45, 2.75) is 26.9 Å². The predicted molar refractivity (Wildman–Crippen MR) is 76.3 cm³/mol. The van der Waals surface area contributed by atoms with Crippen LogP contribution in [0.25, 0.3) is 0 Å². The molecule has 0 spiro atoms. The van der Waals surface area contributed by atoms with Crippen LogP contribution < -0.4 is 4.74 Å². The van der Waals surface area contributed by atoms with Crippen molar-refractivity contribution in [3.63, 3.8) is 0 Å². The van der Waals surface area contributed by atoms with Gasteiger partial charge in [0.2, 0.25) is 0 Å². The molecule has 0 aliphatic carbocycles. The first kappa shape index (κ1) is 13.0. The molecule has 0 unspecified atom stereocenters. The zero-order valence-electron chi connectivity index (χ0n) is 10.7. The first-order valence-electron chi connectivity index (χ1n) is 6.16. The third-order valence-electron chi connectivity index (χ3n) is 2.98. The summed E-state index contributed by atoms with van der Waals surface area (Å²) in [5.41, 5.74) is 3.62. The van der Waals surface area contributed by atoms with Crippen molar-refractivity contribution in [2.75, 3.05) is 0 Å². The molecule has 0 aliphatic rings. The summed E-state index contributed by atoms with van der Waals surface area (Å²) in [4.78, 5) is 0. The molecule has 0 aliphatic heterocycles. The highest BCUT2D eigenvalue weighted by molar-refractivity contribution is 6.30. The van der Waals surface area contributed by atoms with Crippen LogP contribution in [0.5, 0.6) is 5.75 Å². The van der Waals surface area contributed by atoms with Crippen LogP contribution >= 0.6 is 11.6 Å². The summed E-state index contributed by atoms with van der Waals surface area (Å²) in [6.45, 7) is 4.75. The molecule has 0 heterocycles. The van der Waals surface area contributed by atoms with Gasteiger partial charge in [0, 0.05) is 5.02 Å². The van der Waals surface area contributed by atoms with Crippen LogP contribution in [0.4, 0.5) is 0 Å². The van der Waals surface area contributed by atoms with Crippen LogP contribution in [0.15, 0.2) is 42.5 Å². The summed E-state index contributed by atoms with van der Waals surface area (Å²) in [6, 6.07) is 14.2. The van der Waals surface area contributed by atoms with Crippen molar-refractivity contribution in [3.05, 3.63) is 64.2 Å². The fourth-order valence-electron chi connectivity index (χ4n) is 1.76. The summed E-state index contributed by atoms with van der Waals surface area (Å²) >= 11 is 5.96. The van der Waals surface area contributed by atoms with E-state index in [1.807, 2.05) is 25.1 Å². The third kappa shape index (κ3) is 3.27. The Hall–Kier alpha value is -1.47. The normalized spacial score (nSPS) is 10.4. The molecular weight excluding hydrogens is 244 g/mol. The van der Waals surface area contributed by atoms with E-state index in [4.69, 9.17) is 16.3 Å². The molecule has 0 aromatic heterocycles. The van der Waals surface area contributed by atoms with Gasteiger partial charge in [-0.05, 0) is 42.2 Å². The topological polar surface area (TPSA) is 9.23 Å². The average molecular weight is 261 g/mol. The summed E-state index contributed by atoms with van der Waals surface area (Å²) in [5, 5.41) is 0.705. The van der Waals surface area contributed by atoms with Gasteiger partial charge in [-0.1, -0.05) is 48.9 Å². The smallest absolute Gasteiger partial charge is 0.124 e. The Morgan fingerprint density at radius 2 is 1.67 bits per heavy atom. The lowest BCUT2D eigenvalue weighted by molar-refractivity contribution is 0.304. The highest BCUT2D eigenvalue weighted by Crippen LogP contribution is 2.23. The second-order valence-electron chi connectivity index (χ2n) is 4.37. The first-order valence-corrected chi connectivity index (χ1v) is 6.53. The maximum atomic E-state index is 5.96. The molecule has 1 nitrogen and oxygen atoms in total. The summed E-state index contributed by atoms with van der Waals surface area (Å²) in [5.74, 6) is 0.849. The Morgan fingerprint density at radius 3 is 2.33 bits per heavy atom. The molecule has 2 heteroatoms. The fraction of sp³-hybridized carbons (Fsp3) is 0.250. The number of hydrogen-bond donors (Lipinski definition) is 0. The second-order valence-corrected chi connectivity index (χ2v) is 4.80. The largest absolute Gasteiger partial charge is 0.489 e. The Balaban J connectivity index is 2.04. The molecule has 0 fully saturated rings. The standard InChI is InChI=1S/C16H17ClO/c1-3-13-5-7-14(8-6-13)11-18-16-10-15(17)9-4-12(16)2/h4-10H,3,11H2,1-2H3. The van der Waals surface area contributed by atoms with Gasteiger partial charge in [-0.3, -0.25) is 0 Å². The Morgan fingerprint density at radius 1 is 1.00 bits per heavy atom. The minimum absolute atomic E-state index is 0.575. The van der Waals surface area contributed by atoms with Crippen LogP contribution in [0.1, 0.15) is 23.6 Å². The molecule has 2 aromatic carbocycles. The van der Waals surface area contributed by atoms with Gasteiger partial charge in [0.05, 0.1) is 0 Å². The maximum absolute atomic E-state index is 5.96. The molecule has 0 radical (unpaired) electrons. The van der Waals surface area contributed by atoms with Gasteiger partial charge < -0.3 is 4.74 Å². The average Bonchev–Trinajstić information content (AvgIpc) is 2.40. The van der Waals surface area contributed by atoms with Crippen molar-refractivity contribution >= 4 is 11.6 Å². The highest BCUT2D eigenvalue weighted by atomic mass is 35.5. The number of benzene rings is 2. The van der Waals surface area contributed by atoms with E-state index in [2.05, 4.69) is 31.2 Å². The Bertz CT molecular complexity index is 517. The van der Waals surface area contributed by atoms with Gasteiger partial charge in [-0.15, -0.1) is 0 Å². The lowest BCUT2D eigenvalue weighted by Crippen LogP contribution is -1.97. The Labute approximate surface area is 113 Å². The van der Waals surface area contributed by atoms with E-state index in [1.54, 1.807) is 0 Å². The number of ether oxygens (including phenoxy) is 1. The third-order valence-corrected chi connectivity index (χ3v) is 3.21. The second kappa shape index (κ2) is 5.92. The zero-order valence-corrected chi connectivity index (χ0v) is 11.5. The number of aryl methyl sites for hydroxylation is 2. The molecule has 0 atom stereocenters. The minimum atomic E-state index is 0.575. The molecule has 2 aromatic rings. The summed E-state index contributed by atoms with van der Waals surface area (Å²) < 4.78 is 5.79. The zero-order chi connectivity index (χ0) is 13.0. The lowest BCUT2D eigenvalue weighted by atomic mass is 10.1. The van der Waals surface area contributed by atoms with Crippen molar-refractivity contribution < 1.29 is 4.74 Å². The fourth-order valence-corrected chi connectivity index (χ4v) is 1.92. The van der Waals surface area contributed by atoms with Crippen LogP contribution in [-0.2, 0) is 13.0 Å². The molecule has 0 saturated heterocycles. The highest BCUT2D eigenvalue weighted by Gasteiger charge is 2.01. The summed E-state index contributed by atoms with van der Waals surface area (Å²) in [6.07, 6.45) is 1.06. The van der Waals surface area contributed by atoms with Gasteiger partial charge in [0.15, 0.2) is 0 Å². The van der Waals surface area contributed by atoms with Crippen LogP contribution in [0.2, 0.25) is 5.02 Å². The van der Waals surface area contributed by atoms with Crippen molar-refractivity contribution in [3.8, 4) is 5.75 Å². The van der Waals surface area contributed by atoms with E-state index < -0.39 is 0 Å². The number of hydrogen-bond acceptors (Lipinski definition) is 1. The van der Waals surface area contributed by atoms with Gasteiger partial charge in [-0.25, -0.2) is 0 Å². The van der Waals surface area contributed by atoms with Crippen molar-refractivity contribution in [1.82, 2.24) is 0 Å². The van der Waals surface area contributed by atoms with Gasteiger partial charge in [0.1, 0.15) is 12.4 Å². The molecule has 94 valence electrons. The lowest BCUT2D eigenvalue weighted by Gasteiger charge is -2.09. The van der Waals surface area contributed by atoms with E-state index in [0.29, 0.717) is 11.6 Å². The van der Waals surface area contributed by atoms with E-state index in [0.717, 1.165) is 17.7 Å². The van der Waals surface area contributed by atoms with Crippen LogP contribution in [-0.4, -0.2) is 0 Å². The van der Waals surface area contributed by atoms with E-state index >= 15 is 0 Å². The van der Waals surface area contributed by atoms with Crippen LogP contribution in [0.3, 0.4) is 0 Å². The number of rotatable bonds is 4. The van der Waals surface area contributed by atoms with Crippen LogP contribution in [0, 0.1) is 6.92 Å². The molecule has 2 rings (SSSR count). The molecule has 18 heavy (non-hydrogen) atoms. The number of halogens is 1. The molecule has 0 N–H and O–H groups in total. The minimum Gasteiger partial charge on any atom is -0.489 e. The summed E-state index contributed by atoms with van der Waals surface area (Å²) in [7, 11) is 0. The van der Waals surface area contributed by atoms with E-state index in [1.165, 1.54) is 11.1 Å².